The maximum Gasteiger partial charge on any atom is 0.323 e. The van der Waals surface area contributed by atoms with Crippen molar-refractivity contribution in [1.82, 2.24) is 0 Å². The van der Waals surface area contributed by atoms with Crippen LogP contribution >= 0.6 is 0 Å². The van der Waals surface area contributed by atoms with E-state index in [-0.39, 0.29) is 16.6 Å². The van der Waals surface area contributed by atoms with E-state index in [1.807, 2.05) is 0 Å². The van der Waals surface area contributed by atoms with E-state index in [4.69, 9.17) is 9.47 Å². The van der Waals surface area contributed by atoms with E-state index >= 15 is 0 Å². The number of methoxy groups -OCH3 is 2. The quantitative estimate of drug-likeness (QED) is 0.627. The van der Waals surface area contributed by atoms with Gasteiger partial charge >= 0.3 is 11.9 Å². The van der Waals surface area contributed by atoms with Gasteiger partial charge < -0.3 is 9.47 Å². The Labute approximate surface area is 140 Å². The van der Waals surface area contributed by atoms with Gasteiger partial charge in [0, 0.05) is 5.41 Å². The topological polar surface area (TPSA) is 52.6 Å². The molecule has 24 heavy (non-hydrogen) atoms. The van der Waals surface area contributed by atoms with Crippen molar-refractivity contribution in [1.29, 1.82) is 0 Å². The molecule has 2 aliphatic rings. The zero-order valence-electron chi connectivity index (χ0n) is 14.1. The number of carbonyl (C=O) groups is 2. The van der Waals surface area contributed by atoms with Crippen molar-refractivity contribution < 1.29 is 23.5 Å². The standard InChI is InChI=1S/C19H21FO4/c1-12(13-5-7-14(20)8-6-13)19-10-17(19,2)9-18(11-19,15(21)23-3)16(22)24-4/h5-8H,1,9-11H2,2-4H3/t17-,19-/m1/s1. The highest BCUT2D eigenvalue weighted by Gasteiger charge is 2.78. The molecule has 0 bridgehead atoms. The number of esters is 2. The highest BCUT2D eigenvalue weighted by molar-refractivity contribution is 6.02. The molecule has 0 saturated heterocycles. The molecule has 128 valence electrons. The number of carbonyl (C=O) groups excluding carboxylic acids is 2. The SMILES string of the molecule is C=C(c1ccc(F)cc1)[C@@]12CC(C(=O)OC)(C(=O)OC)C[C@]1(C)C2. The number of hydrogen-bond acceptors (Lipinski definition) is 4. The van der Waals surface area contributed by atoms with Crippen LogP contribution in [0.4, 0.5) is 4.39 Å². The van der Waals surface area contributed by atoms with Crippen LogP contribution in [0.2, 0.25) is 0 Å². The van der Waals surface area contributed by atoms with Gasteiger partial charge in [-0.3, -0.25) is 9.59 Å². The van der Waals surface area contributed by atoms with Crippen LogP contribution in [0, 0.1) is 22.1 Å². The molecule has 0 heterocycles. The van der Waals surface area contributed by atoms with E-state index in [0.29, 0.717) is 12.8 Å². The Bertz CT molecular complexity index is 707. The molecule has 0 N–H and O–H groups in total. The Balaban J connectivity index is 1.98. The smallest absolute Gasteiger partial charge is 0.323 e. The van der Waals surface area contributed by atoms with Crippen LogP contribution in [0.5, 0.6) is 0 Å². The minimum Gasteiger partial charge on any atom is -0.468 e. The summed E-state index contributed by atoms with van der Waals surface area (Å²) in [5.41, 5.74) is -0.224. The van der Waals surface area contributed by atoms with Crippen molar-refractivity contribution in [3.05, 3.63) is 42.2 Å². The third kappa shape index (κ3) is 2.03. The van der Waals surface area contributed by atoms with E-state index < -0.39 is 17.4 Å². The van der Waals surface area contributed by atoms with Crippen LogP contribution < -0.4 is 0 Å². The van der Waals surface area contributed by atoms with Gasteiger partial charge in [-0.15, -0.1) is 0 Å². The molecule has 2 aliphatic carbocycles. The summed E-state index contributed by atoms with van der Waals surface area (Å²) in [5.74, 6) is -1.43. The number of fused-ring (bicyclic) bond motifs is 1. The molecule has 0 spiro atoms. The molecule has 0 aromatic heterocycles. The molecule has 0 unspecified atom stereocenters. The summed E-state index contributed by atoms with van der Waals surface area (Å²) < 4.78 is 23.0. The first-order valence-electron chi connectivity index (χ1n) is 7.87. The fraction of sp³-hybridized carbons (Fsp3) is 0.474. The Morgan fingerprint density at radius 1 is 1.04 bits per heavy atom. The van der Waals surface area contributed by atoms with Crippen LogP contribution in [0.3, 0.4) is 0 Å². The number of halogens is 1. The third-order valence-corrected chi connectivity index (χ3v) is 5.94. The molecule has 2 fully saturated rings. The molecule has 3 rings (SSSR count). The predicted octanol–water partition coefficient (Wildman–Crippen LogP) is 3.36. The van der Waals surface area contributed by atoms with E-state index in [9.17, 15) is 14.0 Å². The second kappa shape index (κ2) is 5.16. The van der Waals surface area contributed by atoms with E-state index in [2.05, 4.69) is 13.5 Å². The second-order valence-electron chi connectivity index (χ2n) is 7.22. The van der Waals surface area contributed by atoms with Gasteiger partial charge in [0.25, 0.3) is 0 Å². The summed E-state index contributed by atoms with van der Waals surface area (Å²) in [5, 5.41) is 0. The highest BCUT2D eigenvalue weighted by atomic mass is 19.1. The molecule has 2 atom stereocenters. The van der Waals surface area contributed by atoms with E-state index in [0.717, 1.165) is 17.6 Å². The van der Waals surface area contributed by atoms with Crippen molar-refractivity contribution in [2.45, 2.75) is 26.2 Å². The van der Waals surface area contributed by atoms with Crippen molar-refractivity contribution in [2.75, 3.05) is 14.2 Å². The lowest BCUT2D eigenvalue weighted by atomic mass is 9.78. The molecule has 0 radical (unpaired) electrons. The van der Waals surface area contributed by atoms with Gasteiger partial charge in [-0.05, 0) is 47.9 Å². The average Bonchev–Trinajstić information content (AvgIpc) is 3.06. The Hall–Kier alpha value is -2.17. The third-order valence-electron chi connectivity index (χ3n) is 5.94. The molecule has 1 aromatic rings. The summed E-state index contributed by atoms with van der Waals surface area (Å²) >= 11 is 0. The summed E-state index contributed by atoms with van der Waals surface area (Å²) in [4.78, 5) is 24.8. The van der Waals surface area contributed by atoms with Crippen LogP contribution in [-0.2, 0) is 19.1 Å². The predicted molar refractivity (Wildman–Crippen MR) is 86.3 cm³/mol. The van der Waals surface area contributed by atoms with Gasteiger partial charge in [-0.2, -0.15) is 0 Å². The Morgan fingerprint density at radius 3 is 2.08 bits per heavy atom. The average molecular weight is 332 g/mol. The molecule has 2 saturated carbocycles. The lowest BCUT2D eigenvalue weighted by Crippen LogP contribution is -2.41. The Morgan fingerprint density at radius 2 is 1.58 bits per heavy atom. The fourth-order valence-electron chi connectivity index (χ4n) is 4.64. The molecule has 1 aromatic carbocycles. The largest absolute Gasteiger partial charge is 0.468 e. The Kier molecular flexibility index (Phi) is 3.59. The van der Waals surface area contributed by atoms with Gasteiger partial charge in [0.05, 0.1) is 14.2 Å². The van der Waals surface area contributed by atoms with Crippen LogP contribution in [-0.4, -0.2) is 26.2 Å². The molecule has 4 nitrogen and oxygen atoms in total. The number of rotatable bonds is 4. The van der Waals surface area contributed by atoms with Gasteiger partial charge in [-0.1, -0.05) is 25.6 Å². The summed E-state index contributed by atoms with van der Waals surface area (Å²) in [6.45, 7) is 6.26. The maximum atomic E-state index is 13.2. The minimum atomic E-state index is -1.29. The van der Waals surface area contributed by atoms with Crippen molar-refractivity contribution in [3.8, 4) is 0 Å². The van der Waals surface area contributed by atoms with Gasteiger partial charge in [-0.25, -0.2) is 4.39 Å². The summed E-state index contributed by atoms with van der Waals surface area (Å²) in [6, 6.07) is 6.14. The van der Waals surface area contributed by atoms with E-state index in [1.54, 1.807) is 12.1 Å². The van der Waals surface area contributed by atoms with Gasteiger partial charge in [0.2, 0.25) is 0 Å². The minimum absolute atomic E-state index is 0.221. The first kappa shape index (κ1) is 16.7. The van der Waals surface area contributed by atoms with Crippen molar-refractivity contribution >= 4 is 17.5 Å². The molecular weight excluding hydrogens is 311 g/mol. The fourth-order valence-corrected chi connectivity index (χ4v) is 4.64. The molecule has 5 heteroatoms. The first-order chi connectivity index (χ1) is 11.2. The lowest BCUT2D eigenvalue weighted by molar-refractivity contribution is -0.170. The maximum absolute atomic E-state index is 13.2. The van der Waals surface area contributed by atoms with Crippen LogP contribution in [0.1, 0.15) is 31.7 Å². The number of hydrogen-bond donors (Lipinski definition) is 0. The summed E-state index contributed by atoms with van der Waals surface area (Å²) in [7, 11) is 2.56. The van der Waals surface area contributed by atoms with Gasteiger partial charge in [0.15, 0.2) is 5.41 Å². The van der Waals surface area contributed by atoms with Crippen LogP contribution in [0.15, 0.2) is 30.8 Å². The monoisotopic (exact) mass is 332 g/mol. The number of benzene rings is 1. The van der Waals surface area contributed by atoms with E-state index in [1.165, 1.54) is 26.4 Å². The highest BCUT2D eigenvalue weighted by Crippen LogP contribution is 2.81. The zero-order chi connectivity index (χ0) is 17.8. The molecule has 0 amide bonds. The lowest BCUT2D eigenvalue weighted by Gasteiger charge is -2.27. The van der Waals surface area contributed by atoms with Crippen LogP contribution in [0.25, 0.3) is 5.57 Å². The zero-order valence-corrected chi connectivity index (χ0v) is 14.1. The van der Waals surface area contributed by atoms with Crippen molar-refractivity contribution in [2.24, 2.45) is 16.2 Å². The van der Waals surface area contributed by atoms with Gasteiger partial charge in [0.1, 0.15) is 5.82 Å². The normalized spacial score (nSPS) is 29.5. The molecule has 0 aliphatic heterocycles. The molecular formula is C19H21FO4. The van der Waals surface area contributed by atoms with Crippen molar-refractivity contribution in [3.63, 3.8) is 0 Å². The number of allylic oxidation sites excluding steroid dienone is 1. The second-order valence-corrected chi connectivity index (χ2v) is 7.22. The first-order valence-corrected chi connectivity index (χ1v) is 7.87. The summed E-state index contributed by atoms with van der Waals surface area (Å²) in [6.07, 6.45) is 1.53. The number of ether oxygens (including phenoxy) is 2.